The van der Waals surface area contributed by atoms with E-state index in [1.54, 1.807) is 45.3 Å². The first-order valence-corrected chi connectivity index (χ1v) is 32.7. The van der Waals surface area contributed by atoms with Crippen molar-refractivity contribution in [1.82, 2.24) is 0 Å². The molecule has 390 valence electrons. The molecule has 0 unspecified atom stereocenters. The van der Waals surface area contributed by atoms with Gasteiger partial charge in [0.1, 0.15) is 12.3 Å². The number of fused-ring (bicyclic) bond motifs is 2. The Morgan fingerprint density at radius 3 is 1.61 bits per heavy atom. The molecule has 6 aromatic heterocycles. The van der Waals surface area contributed by atoms with Crippen LogP contribution in [0.3, 0.4) is 0 Å². The minimum Gasteiger partial charge on any atom is -0.506 e. The minimum atomic E-state index is -0.419. The van der Waals surface area contributed by atoms with E-state index in [4.69, 9.17) is 0 Å². The van der Waals surface area contributed by atoms with E-state index in [2.05, 4.69) is 170 Å². The number of hydrogen-bond acceptors (Lipinski definition) is 9. The van der Waals surface area contributed by atoms with E-state index in [-0.39, 0.29) is 11.5 Å². The summed E-state index contributed by atoms with van der Waals surface area (Å²) in [5, 5.41) is 20.9. The number of thiophene rings is 6. The summed E-state index contributed by atoms with van der Waals surface area (Å²) in [6.07, 6.45) is 18.5. The molecule has 4 nitrogen and oxygen atoms in total. The molecule has 0 saturated carbocycles. The third-order valence-electron chi connectivity index (χ3n) is 15.9. The minimum absolute atomic E-state index is 0.0852. The Morgan fingerprint density at radius 1 is 0.553 bits per heavy atom. The average molecular weight is 1110 g/mol. The van der Waals surface area contributed by atoms with Crippen molar-refractivity contribution in [2.75, 3.05) is 18.0 Å². The lowest BCUT2D eigenvalue weighted by Crippen LogP contribution is -2.32. The molecule has 0 radical (unpaired) electrons. The van der Waals surface area contributed by atoms with Gasteiger partial charge < -0.3 is 10.0 Å². The number of unbranched alkanes of at least 4 members (excludes halogenated alkanes) is 10. The van der Waals surface area contributed by atoms with Crippen LogP contribution in [-0.4, -0.2) is 34.3 Å². The van der Waals surface area contributed by atoms with Gasteiger partial charge in [0.25, 0.3) is 0 Å². The number of rotatable bonds is 22. The number of aliphatic hydroxyl groups excluding tert-OH is 1. The molecular formula is C66H69N2O2S6+. The first-order valence-electron chi connectivity index (χ1n) is 27.6. The molecule has 8 aromatic rings. The zero-order chi connectivity index (χ0) is 52.6. The number of benzene rings is 2. The van der Waals surface area contributed by atoms with E-state index >= 15 is 0 Å². The summed E-state index contributed by atoms with van der Waals surface area (Å²) in [7, 11) is 0. The molecule has 8 heterocycles. The summed E-state index contributed by atoms with van der Waals surface area (Å²) < 4.78 is 2.46. The van der Waals surface area contributed by atoms with Crippen molar-refractivity contribution in [3.8, 4) is 61.3 Å². The molecule has 0 amide bonds. The largest absolute Gasteiger partial charge is 0.506 e. The Hall–Kier alpha value is -5.20. The number of allylic oxidation sites excluding steroid dienone is 5. The second-order valence-corrected chi connectivity index (χ2v) is 27.6. The number of hydrogen-bond donors (Lipinski definition) is 1. The van der Waals surface area contributed by atoms with Crippen LogP contribution < -0.4 is 4.90 Å². The molecule has 0 atom stereocenters. The number of carbonyl (C=O) groups excluding carboxylic acids is 1. The highest BCUT2D eigenvalue weighted by atomic mass is 32.1. The molecule has 1 N–H and O–H groups in total. The van der Waals surface area contributed by atoms with Gasteiger partial charge in [-0.05, 0) is 132 Å². The smallest absolute Gasteiger partial charge is 0.209 e. The lowest BCUT2D eigenvalue weighted by atomic mass is 9.77. The number of aliphatic hydroxyl groups is 1. The molecule has 0 saturated heterocycles. The van der Waals surface area contributed by atoms with Gasteiger partial charge in [-0.1, -0.05) is 116 Å². The summed E-state index contributed by atoms with van der Waals surface area (Å²) >= 11 is 10.9. The van der Waals surface area contributed by atoms with Crippen LogP contribution in [0.4, 0.5) is 11.4 Å². The van der Waals surface area contributed by atoms with Crippen molar-refractivity contribution in [2.24, 2.45) is 0 Å². The van der Waals surface area contributed by atoms with Crippen LogP contribution in [-0.2, 0) is 15.6 Å². The van der Waals surface area contributed by atoms with E-state index in [1.807, 2.05) is 34.8 Å². The van der Waals surface area contributed by atoms with Gasteiger partial charge in [0.2, 0.25) is 11.5 Å². The Balaban J connectivity index is 0.939. The Kier molecular flexibility index (Phi) is 15.7. The maximum atomic E-state index is 14.8. The van der Waals surface area contributed by atoms with Crippen molar-refractivity contribution >= 4 is 90.9 Å². The number of Topliss-reactive ketones (excluding diaryl/α,β-unsaturated/α-hetero) is 1. The highest BCUT2D eigenvalue weighted by Gasteiger charge is 2.48. The van der Waals surface area contributed by atoms with Crippen LogP contribution in [0, 0.1) is 0 Å². The maximum Gasteiger partial charge on any atom is 0.209 e. The molecule has 11 rings (SSSR count). The van der Waals surface area contributed by atoms with Crippen LogP contribution >= 0.6 is 68.0 Å². The molecule has 76 heavy (non-hydrogen) atoms. The monoisotopic (exact) mass is 1110 g/mol. The van der Waals surface area contributed by atoms with Gasteiger partial charge in [0.15, 0.2) is 5.71 Å². The van der Waals surface area contributed by atoms with Crippen molar-refractivity contribution in [3.63, 3.8) is 0 Å². The highest BCUT2D eigenvalue weighted by molar-refractivity contribution is 7.25. The molecule has 10 heteroatoms. The fraction of sp³-hybridized carbons (Fsp3) is 0.333. The SMILES string of the molecule is CCCCCCCCN1/C(=C/C2=C(O)C(=C\C3=[N+](CCCCCCCC)c4ccc(-c5cc(-c6cccs6)c(-c6cccs6)s5)cc4C3(C)C)/C2=O)C(C)(C)c2cc(-c3cc(-c4cccs4)c(-c4cccs4)s3)ccc21. The molecule has 2 aliphatic heterocycles. The molecule has 0 bridgehead atoms. The fourth-order valence-corrected chi connectivity index (χ4v) is 17.3. The average Bonchev–Trinajstić information content (AvgIpc) is 4.34. The molecule has 0 spiro atoms. The Bertz CT molecular complexity index is 3370. The lowest BCUT2D eigenvalue weighted by molar-refractivity contribution is -0.438. The van der Waals surface area contributed by atoms with E-state index in [9.17, 15) is 9.90 Å². The summed E-state index contributed by atoms with van der Waals surface area (Å²) in [5.41, 5.74) is 12.0. The fourth-order valence-electron chi connectivity index (χ4n) is 11.6. The van der Waals surface area contributed by atoms with E-state index in [0.717, 1.165) is 50.2 Å². The highest BCUT2D eigenvalue weighted by Crippen LogP contribution is 2.53. The molecule has 0 fully saturated rings. The normalized spacial score (nSPS) is 16.7. The third-order valence-corrected chi connectivity index (χ3v) is 22.2. The van der Waals surface area contributed by atoms with Gasteiger partial charge in [-0.15, -0.1) is 68.0 Å². The third kappa shape index (κ3) is 10.1. The maximum absolute atomic E-state index is 14.8. The van der Waals surface area contributed by atoms with Crippen molar-refractivity contribution in [2.45, 2.75) is 129 Å². The van der Waals surface area contributed by atoms with Gasteiger partial charge >= 0.3 is 0 Å². The van der Waals surface area contributed by atoms with E-state index < -0.39 is 10.8 Å². The predicted molar refractivity (Wildman–Crippen MR) is 334 cm³/mol. The van der Waals surface area contributed by atoms with Crippen LogP contribution in [0.5, 0.6) is 0 Å². The Labute approximate surface area is 474 Å². The van der Waals surface area contributed by atoms with Gasteiger partial charge in [0, 0.05) is 87.9 Å². The van der Waals surface area contributed by atoms with Gasteiger partial charge in [-0.25, -0.2) is 0 Å². The van der Waals surface area contributed by atoms with Gasteiger partial charge in [-0.3, -0.25) is 4.79 Å². The predicted octanol–water partition coefficient (Wildman–Crippen LogP) is 21.2. The van der Waals surface area contributed by atoms with Crippen LogP contribution in [0.1, 0.15) is 130 Å². The van der Waals surface area contributed by atoms with E-state index in [0.29, 0.717) is 11.1 Å². The standard InChI is InChI=1S/C66H68N2O2S6/c1-7-9-11-13-15-17-31-67-51-29-27-43(57-39-45(53-23-19-33-71-53)63(75-57)55-25-21-35-73-55)37-49(51)65(3,4)59(67)41-47-61(69)48(62(47)70)42-60-66(5,6)50-38-44(28-30-52(50)68(60)32-18-16-14-12-10-8-2)58-40-46(54-24-20-34-72-54)64(76-58)56-26-22-36-74-56/h19-30,33-42H,7-18,31-32H2,1-6H3/p+1. The molecule has 2 aromatic carbocycles. The topological polar surface area (TPSA) is 43.5 Å². The van der Waals surface area contributed by atoms with Crippen LogP contribution in [0.2, 0.25) is 0 Å². The van der Waals surface area contributed by atoms with Crippen molar-refractivity contribution in [3.05, 3.63) is 164 Å². The lowest BCUT2D eigenvalue weighted by Gasteiger charge is -2.29. The van der Waals surface area contributed by atoms with Crippen LogP contribution in [0.25, 0.3) is 61.3 Å². The Morgan fingerprint density at radius 2 is 1.07 bits per heavy atom. The molecular weight excluding hydrogens is 1050 g/mol. The summed E-state index contributed by atoms with van der Waals surface area (Å²) in [6.45, 7) is 15.5. The van der Waals surface area contributed by atoms with E-state index in [1.165, 1.54) is 135 Å². The number of nitrogens with zero attached hydrogens (tertiary/aromatic N) is 2. The number of anilines is 1. The quantitative estimate of drug-likeness (QED) is 0.0418. The summed E-state index contributed by atoms with van der Waals surface area (Å²) in [4.78, 5) is 27.6. The second kappa shape index (κ2) is 22.6. The van der Waals surface area contributed by atoms with Gasteiger partial charge in [0.05, 0.1) is 26.3 Å². The summed E-state index contributed by atoms with van der Waals surface area (Å²) in [5.74, 6) is 0.0172. The molecule has 3 aliphatic rings. The summed E-state index contributed by atoms with van der Waals surface area (Å²) in [6, 6.07) is 36.3. The van der Waals surface area contributed by atoms with Gasteiger partial charge in [-0.2, -0.15) is 4.58 Å². The molecule has 1 aliphatic carbocycles. The zero-order valence-electron chi connectivity index (χ0n) is 44.8. The van der Waals surface area contributed by atoms with Crippen molar-refractivity contribution < 1.29 is 14.5 Å². The zero-order valence-corrected chi connectivity index (χ0v) is 49.7. The number of ketones is 1. The first kappa shape index (κ1) is 52.8. The number of carbonyl (C=O) groups is 1. The van der Waals surface area contributed by atoms with Crippen molar-refractivity contribution in [1.29, 1.82) is 0 Å². The van der Waals surface area contributed by atoms with Crippen LogP contribution in [0.15, 0.2) is 153 Å². The first-order chi connectivity index (χ1) is 37.0. The second-order valence-electron chi connectivity index (χ2n) is 21.7.